The van der Waals surface area contributed by atoms with Crippen LogP contribution in [-0.2, 0) is 0 Å². The second kappa shape index (κ2) is 2.65. The van der Waals surface area contributed by atoms with Crippen LogP contribution in [0, 0.1) is 0 Å². The van der Waals surface area contributed by atoms with Crippen molar-refractivity contribution in [1.29, 1.82) is 0 Å². The van der Waals surface area contributed by atoms with Crippen LogP contribution in [0.25, 0.3) is 0 Å². The molecule has 1 aromatic rings. The van der Waals surface area contributed by atoms with Gasteiger partial charge in [0.1, 0.15) is 5.15 Å². The van der Waals surface area contributed by atoms with Crippen LogP contribution in [0.1, 0.15) is 24.5 Å². The van der Waals surface area contributed by atoms with Gasteiger partial charge in [-0.2, -0.15) is 0 Å². The predicted octanol–water partition coefficient (Wildman–Crippen LogP) is 3.27. The fourth-order valence-corrected chi connectivity index (χ4v) is 1.56. The first-order valence-electron chi connectivity index (χ1n) is 3.59. The molecule has 0 atom stereocenters. The maximum Gasteiger partial charge on any atom is 0.130 e. The fraction of sp³-hybridized carbons (Fsp3) is 0.375. The molecule has 0 radical (unpaired) electrons. The standard InChI is InChI=1S/C8H7Cl2N/c9-6-3-7(5-1-2-5)11-8(10)4-6/h3-5H,1-2H2. The molecule has 0 N–H and O–H groups in total. The molecule has 1 heterocycles. The Kier molecular flexibility index (Phi) is 1.78. The van der Waals surface area contributed by atoms with Crippen molar-refractivity contribution in [3.05, 3.63) is 28.0 Å². The van der Waals surface area contributed by atoms with Crippen molar-refractivity contribution in [3.63, 3.8) is 0 Å². The van der Waals surface area contributed by atoms with Crippen LogP contribution >= 0.6 is 23.2 Å². The van der Waals surface area contributed by atoms with Gasteiger partial charge in [0.25, 0.3) is 0 Å². The normalized spacial score (nSPS) is 16.9. The van der Waals surface area contributed by atoms with Gasteiger partial charge in [-0.1, -0.05) is 23.2 Å². The molecule has 2 rings (SSSR count). The summed E-state index contributed by atoms with van der Waals surface area (Å²) in [6, 6.07) is 3.56. The van der Waals surface area contributed by atoms with E-state index in [1.807, 2.05) is 6.07 Å². The van der Waals surface area contributed by atoms with Gasteiger partial charge in [-0.05, 0) is 25.0 Å². The zero-order valence-electron chi connectivity index (χ0n) is 5.85. The Morgan fingerprint density at radius 2 is 2.00 bits per heavy atom. The van der Waals surface area contributed by atoms with Crippen molar-refractivity contribution in [1.82, 2.24) is 4.98 Å². The first kappa shape index (κ1) is 7.38. The van der Waals surface area contributed by atoms with E-state index in [2.05, 4.69) is 4.98 Å². The Hall–Kier alpha value is -0.270. The molecule has 1 aliphatic rings. The maximum atomic E-state index is 5.80. The highest BCUT2D eigenvalue weighted by molar-refractivity contribution is 6.33. The van der Waals surface area contributed by atoms with Crippen LogP contribution in [0.5, 0.6) is 0 Å². The highest BCUT2D eigenvalue weighted by Crippen LogP contribution is 2.40. The van der Waals surface area contributed by atoms with Crippen molar-refractivity contribution in [2.45, 2.75) is 18.8 Å². The SMILES string of the molecule is Clc1cc(Cl)nc(C2CC2)c1. The second-order valence-electron chi connectivity index (χ2n) is 2.81. The Morgan fingerprint density at radius 3 is 2.55 bits per heavy atom. The molecule has 11 heavy (non-hydrogen) atoms. The van der Waals surface area contributed by atoms with Gasteiger partial charge in [0.15, 0.2) is 0 Å². The summed E-state index contributed by atoms with van der Waals surface area (Å²) in [6.07, 6.45) is 2.45. The van der Waals surface area contributed by atoms with Crippen molar-refractivity contribution in [2.24, 2.45) is 0 Å². The molecular weight excluding hydrogens is 181 g/mol. The van der Waals surface area contributed by atoms with E-state index in [1.54, 1.807) is 6.07 Å². The van der Waals surface area contributed by atoms with E-state index in [4.69, 9.17) is 23.2 Å². The van der Waals surface area contributed by atoms with Crippen LogP contribution in [0.2, 0.25) is 10.2 Å². The molecule has 0 unspecified atom stereocenters. The zero-order valence-corrected chi connectivity index (χ0v) is 7.36. The number of hydrogen-bond donors (Lipinski definition) is 0. The molecule has 0 aromatic carbocycles. The Bertz CT molecular complexity index is 261. The van der Waals surface area contributed by atoms with Gasteiger partial charge in [-0.15, -0.1) is 0 Å². The summed E-state index contributed by atoms with van der Waals surface area (Å²) in [4.78, 5) is 4.18. The van der Waals surface area contributed by atoms with E-state index in [9.17, 15) is 0 Å². The molecule has 1 nitrogen and oxygen atoms in total. The van der Waals surface area contributed by atoms with Gasteiger partial charge < -0.3 is 0 Å². The maximum absolute atomic E-state index is 5.80. The van der Waals surface area contributed by atoms with Gasteiger partial charge >= 0.3 is 0 Å². The fourth-order valence-electron chi connectivity index (χ4n) is 1.07. The third-order valence-corrected chi connectivity index (χ3v) is 2.19. The largest absolute Gasteiger partial charge is 0.241 e. The second-order valence-corrected chi connectivity index (χ2v) is 3.63. The third kappa shape index (κ3) is 1.66. The molecule has 0 aliphatic heterocycles. The van der Waals surface area contributed by atoms with E-state index >= 15 is 0 Å². The van der Waals surface area contributed by atoms with Gasteiger partial charge in [-0.3, -0.25) is 0 Å². The topological polar surface area (TPSA) is 12.9 Å². The third-order valence-electron chi connectivity index (χ3n) is 1.77. The van der Waals surface area contributed by atoms with Crippen LogP contribution < -0.4 is 0 Å². The highest BCUT2D eigenvalue weighted by Gasteiger charge is 2.25. The van der Waals surface area contributed by atoms with E-state index in [0.29, 0.717) is 16.1 Å². The summed E-state index contributed by atoms with van der Waals surface area (Å²) >= 11 is 11.5. The van der Waals surface area contributed by atoms with Crippen molar-refractivity contribution in [2.75, 3.05) is 0 Å². The molecule has 0 saturated heterocycles. The molecule has 3 heteroatoms. The number of aromatic nitrogens is 1. The summed E-state index contributed by atoms with van der Waals surface area (Å²) in [5.74, 6) is 0.617. The van der Waals surface area contributed by atoms with Gasteiger partial charge in [0, 0.05) is 16.6 Å². The summed E-state index contributed by atoms with van der Waals surface area (Å²) in [5, 5.41) is 1.19. The molecule has 0 spiro atoms. The Morgan fingerprint density at radius 1 is 1.27 bits per heavy atom. The predicted molar refractivity (Wildman–Crippen MR) is 46.2 cm³/mol. The minimum absolute atomic E-state index is 0.499. The summed E-state index contributed by atoms with van der Waals surface area (Å²) in [5.41, 5.74) is 1.04. The van der Waals surface area contributed by atoms with Crippen LogP contribution in [0.3, 0.4) is 0 Å². The minimum atomic E-state index is 0.499. The first-order valence-corrected chi connectivity index (χ1v) is 4.34. The molecule has 58 valence electrons. The highest BCUT2D eigenvalue weighted by atomic mass is 35.5. The lowest BCUT2D eigenvalue weighted by Crippen LogP contribution is -1.85. The number of halogens is 2. The zero-order chi connectivity index (χ0) is 7.84. The van der Waals surface area contributed by atoms with Crippen molar-refractivity contribution >= 4 is 23.2 Å². The average Bonchev–Trinajstić information content (AvgIpc) is 2.64. The minimum Gasteiger partial charge on any atom is -0.241 e. The molecule has 1 aliphatic carbocycles. The molecule has 1 aromatic heterocycles. The van der Waals surface area contributed by atoms with Crippen LogP contribution in [0.4, 0.5) is 0 Å². The molecule has 1 saturated carbocycles. The average molecular weight is 188 g/mol. The summed E-state index contributed by atoms with van der Waals surface area (Å²) in [7, 11) is 0. The van der Waals surface area contributed by atoms with E-state index in [1.165, 1.54) is 12.8 Å². The van der Waals surface area contributed by atoms with Crippen LogP contribution in [-0.4, -0.2) is 4.98 Å². The summed E-state index contributed by atoms with van der Waals surface area (Å²) < 4.78 is 0. The lowest BCUT2D eigenvalue weighted by atomic mass is 10.2. The number of rotatable bonds is 1. The molecule has 0 bridgehead atoms. The van der Waals surface area contributed by atoms with Crippen molar-refractivity contribution < 1.29 is 0 Å². The van der Waals surface area contributed by atoms with E-state index in [-0.39, 0.29) is 0 Å². The lowest BCUT2D eigenvalue weighted by Gasteiger charge is -1.98. The van der Waals surface area contributed by atoms with E-state index < -0.39 is 0 Å². The van der Waals surface area contributed by atoms with Gasteiger partial charge in [-0.25, -0.2) is 4.98 Å². The van der Waals surface area contributed by atoms with Gasteiger partial charge in [0.2, 0.25) is 0 Å². The Balaban J connectivity index is 2.39. The molecule has 0 amide bonds. The monoisotopic (exact) mass is 187 g/mol. The smallest absolute Gasteiger partial charge is 0.130 e. The Labute approximate surface area is 75.3 Å². The van der Waals surface area contributed by atoms with Gasteiger partial charge in [0.05, 0.1) is 0 Å². The number of pyridine rings is 1. The molecular formula is C8H7Cl2N. The van der Waals surface area contributed by atoms with Crippen molar-refractivity contribution in [3.8, 4) is 0 Å². The van der Waals surface area contributed by atoms with Crippen LogP contribution in [0.15, 0.2) is 12.1 Å². The lowest BCUT2D eigenvalue weighted by molar-refractivity contribution is 1.02. The van der Waals surface area contributed by atoms with E-state index in [0.717, 1.165) is 5.69 Å². The first-order chi connectivity index (χ1) is 5.25. The summed E-state index contributed by atoms with van der Waals surface area (Å²) in [6.45, 7) is 0. The number of nitrogens with zero attached hydrogens (tertiary/aromatic N) is 1. The molecule has 1 fully saturated rings. The quantitative estimate of drug-likeness (QED) is 0.616. The number of hydrogen-bond acceptors (Lipinski definition) is 1.